The number of rotatable bonds is 3. The Morgan fingerprint density at radius 2 is 1.73 bits per heavy atom. The molecule has 1 amide bonds. The number of carbonyl (C=O) groups excluding carboxylic acids is 1. The van der Waals surface area contributed by atoms with E-state index < -0.39 is 5.91 Å². The van der Waals surface area contributed by atoms with Crippen LogP contribution >= 0.6 is 11.6 Å². The summed E-state index contributed by atoms with van der Waals surface area (Å²) in [5, 5.41) is 12.6. The summed E-state index contributed by atoms with van der Waals surface area (Å²) in [5.74, 6) is -0.421. The molecule has 0 unspecified atom stereocenters. The monoisotopic (exact) mass is 310 g/mol. The second kappa shape index (κ2) is 6.93. The maximum atomic E-state index is 12.3. The maximum Gasteiger partial charge on any atom is 0.266 e. The lowest BCUT2D eigenvalue weighted by molar-refractivity contribution is -0.112. The SMILES string of the molecule is Cc1cccc(C)c1NC(=O)C(C#N)=Cc1ccc(Cl)cc1. The predicted molar refractivity (Wildman–Crippen MR) is 89.6 cm³/mol. The van der Waals surface area contributed by atoms with Crippen LogP contribution in [-0.4, -0.2) is 5.91 Å². The minimum absolute atomic E-state index is 0.0463. The molecule has 0 bridgehead atoms. The summed E-state index contributed by atoms with van der Waals surface area (Å²) < 4.78 is 0. The van der Waals surface area contributed by atoms with Gasteiger partial charge >= 0.3 is 0 Å². The second-order valence-electron chi connectivity index (χ2n) is 4.94. The first kappa shape index (κ1) is 15.8. The molecule has 0 aliphatic heterocycles. The van der Waals surface area contributed by atoms with Gasteiger partial charge in [0.25, 0.3) is 5.91 Å². The van der Waals surface area contributed by atoms with Crippen molar-refractivity contribution in [3.63, 3.8) is 0 Å². The van der Waals surface area contributed by atoms with Crippen LogP contribution in [0.15, 0.2) is 48.0 Å². The van der Waals surface area contributed by atoms with Gasteiger partial charge in [0.1, 0.15) is 11.6 Å². The van der Waals surface area contributed by atoms with Crippen LogP contribution in [-0.2, 0) is 4.79 Å². The fraction of sp³-hybridized carbons (Fsp3) is 0.111. The number of aryl methyl sites for hydroxylation is 2. The number of carbonyl (C=O) groups is 1. The van der Waals surface area contributed by atoms with Crippen molar-refractivity contribution >= 4 is 29.3 Å². The van der Waals surface area contributed by atoms with Crippen LogP contribution in [0, 0.1) is 25.2 Å². The fourth-order valence-electron chi connectivity index (χ4n) is 2.07. The number of nitriles is 1. The number of benzene rings is 2. The predicted octanol–water partition coefficient (Wildman–Crippen LogP) is 4.50. The van der Waals surface area contributed by atoms with E-state index in [1.165, 1.54) is 0 Å². The van der Waals surface area contributed by atoms with Crippen LogP contribution in [0.2, 0.25) is 5.02 Å². The molecule has 4 heteroatoms. The standard InChI is InChI=1S/C18H15ClN2O/c1-12-4-3-5-13(2)17(12)21-18(22)15(11-20)10-14-6-8-16(19)9-7-14/h3-10H,1-2H3,(H,21,22). The number of hydrogen-bond donors (Lipinski definition) is 1. The first-order valence-corrected chi connectivity index (χ1v) is 7.14. The van der Waals surface area contributed by atoms with Crippen molar-refractivity contribution in [2.75, 3.05) is 5.32 Å². The van der Waals surface area contributed by atoms with E-state index in [2.05, 4.69) is 5.32 Å². The highest BCUT2D eigenvalue weighted by Gasteiger charge is 2.12. The third kappa shape index (κ3) is 3.75. The van der Waals surface area contributed by atoms with Gasteiger partial charge in [-0.25, -0.2) is 0 Å². The number of nitrogens with zero attached hydrogens (tertiary/aromatic N) is 1. The lowest BCUT2D eigenvalue weighted by Crippen LogP contribution is -2.15. The molecule has 0 saturated carbocycles. The molecule has 2 aromatic rings. The van der Waals surface area contributed by atoms with Crippen molar-refractivity contribution in [2.24, 2.45) is 0 Å². The zero-order valence-electron chi connectivity index (χ0n) is 12.4. The van der Waals surface area contributed by atoms with Gasteiger partial charge in [0.05, 0.1) is 0 Å². The average molecular weight is 311 g/mol. The number of para-hydroxylation sites is 1. The van der Waals surface area contributed by atoms with Crippen molar-refractivity contribution in [3.05, 3.63) is 69.8 Å². The van der Waals surface area contributed by atoms with Crippen LogP contribution in [0.3, 0.4) is 0 Å². The quantitative estimate of drug-likeness (QED) is 0.670. The Bertz CT molecular complexity index is 750. The molecule has 2 rings (SSSR count). The van der Waals surface area contributed by atoms with E-state index in [1.54, 1.807) is 30.3 Å². The van der Waals surface area contributed by atoms with E-state index in [1.807, 2.05) is 38.1 Å². The van der Waals surface area contributed by atoms with Gasteiger partial charge in [-0.2, -0.15) is 5.26 Å². The Balaban J connectivity index is 2.26. The zero-order valence-corrected chi connectivity index (χ0v) is 13.1. The van der Waals surface area contributed by atoms with Crippen molar-refractivity contribution in [2.45, 2.75) is 13.8 Å². The molecule has 22 heavy (non-hydrogen) atoms. The zero-order chi connectivity index (χ0) is 16.1. The molecule has 0 saturated heterocycles. The van der Waals surface area contributed by atoms with Gasteiger partial charge in [0, 0.05) is 10.7 Å². The van der Waals surface area contributed by atoms with Gasteiger partial charge in [-0.1, -0.05) is 41.9 Å². The van der Waals surface area contributed by atoms with E-state index in [0.717, 1.165) is 22.4 Å². The van der Waals surface area contributed by atoms with Gasteiger partial charge in [0.15, 0.2) is 0 Å². The molecule has 1 N–H and O–H groups in total. The molecule has 0 aromatic heterocycles. The van der Waals surface area contributed by atoms with Crippen LogP contribution in [0.5, 0.6) is 0 Å². The first-order chi connectivity index (χ1) is 10.5. The molecule has 0 aliphatic carbocycles. The van der Waals surface area contributed by atoms with Gasteiger partial charge in [-0.3, -0.25) is 4.79 Å². The van der Waals surface area contributed by atoms with Crippen molar-refractivity contribution in [3.8, 4) is 6.07 Å². The molecule has 110 valence electrons. The Kier molecular flexibility index (Phi) is 4.98. The van der Waals surface area contributed by atoms with E-state index in [4.69, 9.17) is 11.6 Å². The summed E-state index contributed by atoms with van der Waals surface area (Å²) in [7, 11) is 0. The third-order valence-corrected chi connectivity index (χ3v) is 3.52. The molecule has 0 heterocycles. The van der Waals surface area contributed by atoms with Gasteiger partial charge in [-0.05, 0) is 48.7 Å². The van der Waals surface area contributed by atoms with Gasteiger partial charge < -0.3 is 5.32 Å². The van der Waals surface area contributed by atoms with Crippen LogP contribution in [0.4, 0.5) is 5.69 Å². The summed E-state index contributed by atoms with van der Waals surface area (Å²) in [6.45, 7) is 3.83. The van der Waals surface area contributed by atoms with E-state index in [-0.39, 0.29) is 5.57 Å². The smallest absolute Gasteiger partial charge is 0.266 e. The number of halogens is 1. The van der Waals surface area contributed by atoms with E-state index >= 15 is 0 Å². The first-order valence-electron chi connectivity index (χ1n) is 6.76. The Hall–Kier alpha value is -2.57. The molecule has 3 nitrogen and oxygen atoms in total. The lowest BCUT2D eigenvalue weighted by atomic mass is 10.1. The molecule has 0 atom stereocenters. The number of amides is 1. The highest BCUT2D eigenvalue weighted by molar-refractivity contribution is 6.30. The summed E-state index contributed by atoms with van der Waals surface area (Å²) >= 11 is 5.82. The minimum atomic E-state index is -0.421. The normalized spacial score (nSPS) is 10.9. The average Bonchev–Trinajstić information content (AvgIpc) is 2.50. The maximum absolute atomic E-state index is 12.3. The lowest BCUT2D eigenvalue weighted by Gasteiger charge is -2.10. The van der Waals surface area contributed by atoms with E-state index in [9.17, 15) is 10.1 Å². The second-order valence-corrected chi connectivity index (χ2v) is 5.38. The van der Waals surface area contributed by atoms with Gasteiger partial charge in [0.2, 0.25) is 0 Å². The Morgan fingerprint density at radius 1 is 1.14 bits per heavy atom. The summed E-state index contributed by atoms with van der Waals surface area (Å²) in [4.78, 5) is 12.3. The number of hydrogen-bond acceptors (Lipinski definition) is 2. The highest BCUT2D eigenvalue weighted by Crippen LogP contribution is 2.20. The fourth-order valence-corrected chi connectivity index (χ4v) is 2.19. The minimum Gasteiger partial charge on any atom is -0.321 e. The van der Waals surface area contributed by atoms with E-state index in [0.29, 0.717) is 5.02 Å². The summed E-state index contributed by atoms with van der Waals surface area (Å²) in [6, 6.07) is 14.6. The molecule has 0 aliphatic rings. The van der Waals surface area contributed by atoms with Crippen LogP contribution in [0.25, 0.3) is 6.08 Å². The molecule has 0 radical (unpaired) electrons. The van der Waals surface area contributed by atoms with Crippen molar-refractivity contribution < 1.29 is 4.79 Å². The number of nitrogens with one attached hydrogen (secondary N) is 1. The summed E-state index contributed by atoms with van der Waals surface area (Å²) in [6.07, 6.45) is 1.54. The van der Waals surface area contributed by atoms with Crippen molar-refractivity contribution in [1.82, 2.24) is 0 Å². The Morgan fingerprint density at radius 3 is 2.27 bits per heavy atom. The number of anilines is 1. The van der Waals surface area contributed by atoms with Crippen LogP contribution < -0.4 is 5.32 Å². The third-order valence-electron chi connectivity index (χ3n) is 3.27. The molecular weight excluding hydrogens is 296 g/mol. The summed E-state index contributed by atoms with van der Waals surface area (Å²) in [5.41, 5.74) is 3.45. The molecule has 0 spiro atoms. The van der Waals surface area contributed by atoms with Gasteiger partial charge in [-0.15, -0.1) is 0 Å². The Labute approximate surface area is 134 Å². The van der Waals surface area contributed by atoms with Crippen molar-refractivity contribution in [1.29, 1.82) is 5.26 Å². The molecule has 2 aromatic carbocycles. The molecule has 0 fully saturated rings. The van der Waals surface area contributed by atoms with Crippen LogP contribution in [0.1, 0.15) is 16.7 Å². The highest BCUT2D eigenvalue weighted by atomic mass is 35.5. The molecular formula is C18H15ClN2O. The largest absolute Gasteiger partial charge is 0.321 e. The topological polar surface area (TPSA) is 52.9 Å².